The van der Waals surface area contributed by atoms with E-state index in [2.05, 4.69) is 0 Å². The minimum absolute atomic E-state index is 0.0219. The highest BCUT2D eigenvalue weighted by Gasteiger charge is 2.29. The average molecular weight is 202 g/mol. The Morgan fingerprint density at radius 1 is 1.20 bits per heavy atom. The van der Waals surface area contributed by atoms with E-state index in [1.54, 1.807) is 6.08 Å². The summed E-state index contributed by atoms with van der Waals surface area (Å²) in [6.07, 6.45) is 1.55. The average Bonchev–Trinajstić information content (AvgIpc) is 2.23. The first kappa shape index (κ1) is 9.97. The first-order valence-corrected chi connectivity index (χ1v) is 5.02. The molecule has 78 valence electrons. The quantitative estimate of drug-likeness (QED) is 0.646. The van der Waals surface area contributed by atoms with Crippen molar-refractivity contribution in [3.63, 3.8) is 0 Å². The Bertz CT molecular complexity index is 442. The number of fused-ring (bicyclic) bond motifs is 1. The molecule has 2 rings (SSSR count). The molecule has 0 unspecified atom stereocenters. The van der Waals surface area contributed by atoms with Gasteiger partial charge in [-0.15, -0.1) is 0 Å². The normalized spacial score (nSPS) is 18.6. The second-order valence-electron chi connectivity index (χ2n) is 4.28. The molecule has 1 aromatic carbocycles. The molecule has 0 aromatic heterocycles. The van der Waals surface area contributed by atoms with Gasteiger partial charge in [-0.2, -0.15) is 0 Å². The Kier molecular flexibility index (Phi) is 2.14. The summed E-state index contributed by atoms with van der Waals surface area (Å²) >= 11 is 0. The van der Waals surface area contributed by atoms with Crippen molar-refractivity contribution < 1.29 is 9.53 Å². The van der Waals surface area contributed by atoms with Gasteiger partial charge in [0.1, 0.15) is 5.60 Å². The maximum Gasteiger partial charge on any atom is 0.189 e. The highest BCUT2D eigenvalue weighted by molar-refractivity contribution is 6.06. The van der Waals surface area contributed by atoms with Crippen LogP contribution in [0.2, 0.25) is 0 Å². The zero-order chi connectivity index (χ0) is 11.1. The first-order valence-electron chi connectivity index (χ1n) is 5.02. The van der Waals surface area contributed by atoms with Crippen molar-refractivity contribution in [1.29, 1.82) is 0 Å². The van der Waals surface area contributed by atoms with E-state index in [0.29, 0.717) is 5.76 Å². The maximum atomic E-state index is 11.8. The second kappa shape index (κ2) is 3.23. The summed E-state index contributed by atoms with van der Waals surface area (Å²) in [6, 6.07) is 7.59. The van der Waals surface area contributed by atoms with Gasteiger partial charge in [-0.05, 0) is 20.8 Å². The van der Waals surface area contributed by atoms with E-state index in [1.165, 1.54) is 0 Å². The molecule has 1 heterocycles. The lowest BCUT2D eigenvalue weighted by Gasteiger charge is -2.26. The molecular weight excluding hydrogens is 188 g/mol. The van der Waals surface area contributed by atoms with Crippen molar-refractivity contribution >= 4 is 5.78 Å². The van der Waals surface area contributed by atoms with Gasteiger partial charge in [0.15, 0.2) is 5.78 Å². The zero-order valence-corrected chi connectivity index (χ0v) is 9.20. The van der Waals surface area contributed by atoms with Crippen LogP contribution in [-0.4, -0.2) is 5.78 Å². The van der Waals surface area contributed by atoms with Crippen molar-refractivity contribution in [2.24, 2.45) is 0 Å². The molecule has 0 saturated heterocycles. The van der Waals surface area contributed by atoms with Crippen LogP contribution in [-0.2, 0) is 10.3 Å². The molecule has 0 saturated carbocycles. The summed E-state index contributed by atoms with van der Waals surface area (Å²) in [5.41, 5.74) is 1.24. The van der Waals surface area contributed by atoms with Crippen LogP contribution in [0, 0.1) is 0 Å². The summed E-state index contributed by atoms with van der Waals surface area (Å²) in [7, 11) is 0. The fourth-order valence-electron chi connectivity index (χ4n) is 1.97. The van der Waals surface area contributed by atoms with Crippen LogP contribution in [0.3, 0.4) is 0 Å². The SMILES string of the molecule is CC1=CC(=O)c2ccccc2C(C)(C)O1. The van der Waals surface area contributed by atoms with Crippen LogP contribution < -0.4 is 0 Å². The van der Waals surface area contributed by atoms with Gasteiger partial charge in [-0.1, -0.05) is 24.3 Å². The summed E-state index contributed by atoms with van der Waals surface area (Å²) in [4.78, 5) is 11.8. The predicted octanol–water partition coefficient (Wildman–Crippen LogP) is 3.04. The molecule has 1 aromatic rings. The predicted molar refractivity (Wildman–Crippen MR) is 58.6 cm³/mol. The van der Waals surface area contributed by atoms with E-state index in [9.17, 15) is 4.79 Å². The molecule has 2 heteroatoms. The monoisotopic (exact) mass is 202 g/mol. The largest absolute Gasteiger partial charge is 0.488 e. The molecule has 0 fully saturated rings. The highest BCUT2D eigenvalue weighted by Crippen LogP contribution is 2.32. The lowest BCUT2D eigenvalue weighted by atomic mass is 9.92. The fraction of sp³-hybridized carbons (Fsp3) is 0.308. The Labute approximate surface area is 89.6 Å². The Hall–Kier alpha value is -1.57. The minimum Gasteiger partial charge on any atom is -0.488 e. The molecule has 0 aliphatic carbocycles. The van der Waals surface area contributed by atoms with Crippen LogP contribution in [0.25, 0.3) is 0 Å². The molecule has 0 amide bonds. The second-order valence-corrected chi connectivity index (χ2v) is 4.28. The van der Waals surface area contributed by atoms with E-state index >= 15 is 0 Å². The molecule has 0 atom stereocenters. The molecule has 1 aliphatic heterocycles. The number of carbonyl (C=O) groups excluding carboxylic acids is 1. The van der Waals surface area contributed by atoms with Gasteiger partial charge in [0.2, 0.25) is 0 Å². The zero-order valence-electron chi connectivity index (χ0n) is 9.20. The van der Waals surface area contributed by atoms with Gasteiger partial charge in [-0.25, -0.2) is 0 Å². The van der Waals surface area contributed by atoms with Crippen LogP contribution in [0.15, 0.2) is 36.1 Å². The van der Waals surface area contributed by atoms with Crippen molar-refractivity contribution in [1.82, 2.24) is 0 Å². The van der Waals surface area contributed by atoms with Gasteiger partial charge < -0.3 is 4.74 Å². The molecule has 0 spiro atoms. The standard InChI is InChI=1S/C13H14O2/c1-9-8-12(14)10-6-4-5-7-11(10)13(2,3)15-9/h4-8H,1-3H3. The summed E-state index contributed by atoms with van der Waals surface area (Å²) < 4.78 is 5.74. The number of carbonyl (C=O) groups is 1. The van der Waals surface area contributed by atoms with Crippen LogP contribution in [0.5, 0.6) is 0 Å². The lowest BCUT2D eigenvalue weighted by Crippen LogP contribution is -2.21. The molecule has 15 heavy (non-hydrogen) atoms. The minimum atomic E-state index is -0.441. The molecule has 0 N–H and O–H groups in total. The molecule has 1 aliphatic rings. The topological polar surface area (TPSA) is 26.3 Å². The van der Waals surface area contributed by atoms with Gasteiger partial charge in [0.25, 0.3) is 0 Å². The van der Waals surface area contributed by atoms with E-state index < -0.39 is 5.60 Å². The number of ketones is 1. The van der Waals surface area contributed by atoms with E-state index in [1.807, 2.05) is 45.0 Å². The van der Waals surface area contributed by atoms with E-state index in [-0.39, 0.29) is 5.78 Å². The van der Waals surface area contributed by atoms with Gasteiger partial charge in [-0.3, -0.25) is 4.79 Å². The number of ether oxygens (including phenoxy) is 1. The smallest absolute Gasteiger partial charge is 0.189 e. The van der Waals surface area contributed by atoms with Gasteiger partial charge >= 0.3 is 0 Å². The van der Waals surface area contributed by atoms with E-state index in [4.69, 9.17) is 4.74 Å². The number of hydrogen-bond donors (Lipinski definition) is 0. The Morgan fingerprint density at radius 3 is 2.60 bits per heavy atom. The Balaban J connectivity index is 2.66. The maximum absolute atomic E-state index is 11.8. The van der Waals surface area contributed by atoms with Crippen LogP contribution in [0.4, 0.5) is 0 Å². The van der Waals surface area contributed by atoms with Crippen molar-refractivity contribution in [3.05, 3.63) is 47.2 Å². The lowest BCUT2D eigenvalue weighted by molar-refractivity contribution is 0.0340. The van der Waals surface area contributed by atoms with Crippen molar-refractivity contribution in [3.8, 4) is 0 Å². The third kappa shape index (κ3) is 1.67. The fourth-order valence-corrected chi connectivity index (χ4v) is 1.97. The highest BCUT2D eigenvalue weighted by atomic mass is 16.5. The van der Waals surface area contributed by atoms with Crippen LogP contribution >= 0.6 is 0 Å². The molecule has 0 bridgehead atoms. The summed E-state index contributed by atoms with van der Waals surface area (Å²) in [5, 5.41) is 0. The van der Waals surface area contributed by atoms with Crippen molar-refractivity contribution in [2.45, 2.75) is 26.4 Å². The molecular formula is C13H14O2. The molecule has 0 radical (unpaired) electrons. The third-order valence-electron chi connectivity index (χ3n) is 2.59. The summed E-state index contributed by atoms with van der Waals surface area (Å²) in [6.45, 7) is 5.76. The van der Waals surface area contributed by atoms with Crippen molar-refractivity contribution in [2.75, 3.05) is 0 Å². The number of benzene rings is 1. The van der Waals surface area contributed by atoms with Gasteiger partial charge in [0, 0.05) is 17.2 Å². The summed E-state index contributed by atoms with van der Waals surface area (Å²) in [5.74, 6) is 0.690. The number of rotatable bonds is 0. The van der Waals surface area contributed by atoms with Gasteiger partial charge in [0.05, 0.1) is 5.76 Å². The number of allylic oxidation sites excluding steroid dienone is 2. The first-order chi connectivity index (χ1) is 7.00. The van der Waals surface area contributed by atoms with E-state index in [0.717, 1.165) is 11.1 Å². The van der Waals surface area contributed by atoms with Crippen LogP contribution in [0.1, 0.15) is 36.7 Å². The molecule has 2 nitrogen and oxygen atoms in total. The number of hydrogen-bond acceptors (Lipinski definition) is 2. The third-order valence-corrected chi connectivity index (χ3v) is 2.59. The Morgan fingerprint density at radius 2 is 1.87 bits per heavy atom.